The van der Waals surface area contributed by atoms with Crippen molar-refractivity contribution in [1.29, 1.82) is 0 Å². The van der Waals surface area contributed by atoms with Crippen LogP contribution in [-0.4, -0.2) is 42.3 Å². The van der Waals surface area contributed by atoms with Crippen molar-refractivity contribution in [2.24, 2.45) is 0 Å². The Morgan fingerprint density at radius 2 is 1.92 bits per heavy atom. The van der Waals surface area contributed by atoms with E-state index in [4.69, 9.17) is 14.4 Å². The first-order valence-electron chi connectivity index (χ1n) is 8.01. The van der Waals surface area contributed by atoms with Gasteiger partial charge in [-0.05, 0) is 30.8 Å². The van der Waals surface area contributed by atoms with Gasteiger partial charge in [-0.2, -0.15) is 13.2 Å². The van der Waals surface area contributed by atoms with Crippen LogP contribution in [0.4, 0.5) is 13.2 Å². The summed E-state index contributed by atoms with van der Waals surface area (Å²) in [6.07, 6.45) is -1.13. The maximum Gasteiger partial charge on any atom is 0.494 e. The van der Waals surface area contributed by atoms with E-state index in [-0.39, 0.29) is 5.60 Å². The van der Waals surface area contributed by atoms with E-state index in [1.165, 1.54) is 18.2 Å². The predicted molar refractivity (Wildman–Crippen MR) is 81.8 cm³/mol. The Labute approximate surface area is 138 Å². The molecule has 1 heterocycles. The summed E-state index contributed by atoms with van der Waals surface area (Å²) in [4.78, 5) is 0. The van der Waals surface area contributed by atoms with Crippen LogP contribution >= 0.6 is 0 Å². The molecule has 2 aliphatic rings. The highest BCUT2D eigenvalue weighted by Crippen LogP contribution is 2.40. The van der Waals surface area contributed by atoms with Gasteiger partial charge in [-0.25, -0.2) is 0 Å². The summed E-state index contributed by atoms with van der Waals surface area (Å²) >= 11 is 0. The zero-order valence-corrected chi connectivity index (χ0v) is 13.4. The predicted octanol–water partition coefficient (Wildman–Crippen LogP) is 1.79. The molecule has 1 spiro atoms. The lowest BCUT2D eigenvalue weighted by molar-refractivity contribution is -0.277. The van der Waals surface area contributed by atoms with Gasteiger partial charge in [0, 0.05) is 0 Å². The first-order valence-corrected chi connectivity index (χ1v) is 8.01. The monoisotopic (exact) mass is 344 g/mol. The minimum absolute atomic E-state index is 0.343. The van der Waals surface area contributed by atoms with E-state index in [9.17, 15) is 18.3 Å². The molecule has 1 unspecified atom stereocenters. The average molecular weight is 344 g/mol. The van der Waals surface area contributed by atoms with Gasteiger partial charge in [0.25, 0.3) is 0 Å². The maximum absolute atomic E-state index is 13.2. The standard InChI is InChI=1S/C16H20BF3O4/c1-11-4-5-12(15(22,9-21)16(18,19)20)8-13(11)17-23-10-14(24-17)6-2-3-7-14/h4-5,8,21-22H,2-3,6-7,9-10H2,1H3. The molecule has 1 aromatic carbocycles. The lowest BCUT2D eigenvalue weighted by Gasteiger charge is -2.29. The van der Waals surface area contributed by atoms with Crippen molar-refractivity contribution in [2.45, 2.75) is 50.0 Å². The molecule has 0 amide bonds. The van der Waals surface area contributed by atoms with Gasteiger partial charge in [0.05, 0.1) is 18.8 Å². The molecule has 4 nitrogen and oxygen atoms in total. The first kappa shape index (κ1) is 17.7. The van der Waals surface area contributed by atoms with Crippen molar-refractivity contribution < 1.29 is 32.7 Å². The Hall–Kier alpha value is -1.09. The Balaban J connectivity index is 1.93. The number of aryl methyl sites for hydroxylation is 1. The largest absolute Gasteiger partial charge is 0.494 e. The fourth-order valence-electron chi connectivity index (χ4n) is 3.45. The van der Waals surface area contributed by atoms with Gasteiger partial charge in [-0.1, -0.05) is 36.6 Å². The smallest absolute Gasteiger partial charge is 0.404 e. The van der Waals surface area contributed by atoms with Crippen LogP contribution in [0.2, 0.25) is 0 Å². The molecule has 1 atom stereocenters. The topological polar surface area (TPSA) is 58.9 Å². The van der Waals surface area contributed by atoms with Crippen LogP contribution in [0, 0.1) is 6.92 Å². The summed E-state index contributed by atoms with van der Waals surface area (Å²) in [5.74, 6) is 0. The van der Waals surface area contributed by atoms with Crippen molar-refractivity contribution in [3.05, 3.63) is 29.3 Å². The molecule has 1 aliphatic heterocycles. The number of alkyl halides is 3. The van der Waals surface area contributed by atoms with Crippen LogP contribution in [0.3, 0.4) is 0 Å². The number of hydrogen-bond acceptors (Lipinski definition) is 4. The summed E-state index contributed by atoms with van der Waals surface area (Å²) in [7, 11) is -0.751. The number of aliphatic hydroxyl groups is 2. The molecule has 1 aliphatic carbocycles. The van der Waals surface area contributed by atoms with Crippen molar-refractivity contribution in [3.63, 3.8) is 0 Å². The normalized spacial score (nSPS) is 23.0. The van der Waals surface area contributed by atoms with Crippen LogP contribution in [0.25, 0.3) is 0 Å². The Morgan fingerprint density at radius 3 is 2.50 bits per heavy atom. The number of aliphatic hydroxyl groups excluding tert-OH is 1. The third-order valence-corrected chi connectivity index (χ3v) is 5.08. The molecular formula is C16H20BF3O4. The van der Waals surface area contributed by atoms with Gasteiger partial charge < -0.3 is 19.5 Å². The molecule has 24 heavy (non-hydrogen) atoms. The van der Waals surface area contributed by atoms with Crippen molar-refractivity contribution in [1.82, 2.24) is 0 Å². The van der Waals surface area contributed by atoms with E-state index < -0.39 is 31.1 Å². The van der Waals surface area contributed by atoms with Gasteiger partial charge in [-0.3, -0.25) is 0 Å². The van der Waals surface area contributed by atoms with E-state index >= 15 is 0 Å². The molecule has 2 fully saturated rings. The maximum atomic E-state index is 13.2. The molecule has 1 saturated heterocycles. The molecular weight excluding hydrogens is 324 g/mol. The van der Waals surface area contributed by atoms with E-state index in [2.05, 4.69) is 0 Å². The second-order valence-electron chi connectivity index (χ2n) is 6.74. The molecule has 1 saturated carbocycles. The minimum Gasteiger partial charge on any atom is -0.404 e. The average Bonchev–Trinajstić information content (AvgIpc) is 3.16. The Morgan fingerprint density at radius 1 is 1.25 bits per heavy atom. The van der Waals surface area contributed by atoms with Gasteiger partial charge in [0.1, 0.15) is 0 Å². The zero-order chi connectivity index (χ0) is 17.6. The third-order valence-electron chi connectivity index (χ3n) is 5.08. The fraction of sp³-hybridized carbons (Fsp3) is 0.625. The third kappa shape index (κ3) is 2.85. The van der Waals surface area contributed by atoms with Gasteiger partial charge >= 0.3 is 13.3 Å². The summed E-state index contributed by atoms with van der Waals surface area (Å²) in [5, 5.41) is 19.1. The van der Waals surface area contributed by atoms with Gasteiger partial charge in [0.2, 0.25) is 5.60 Å². The van der Waals surface area contributed by atoms with Crippen molar-refractivity contribution in [3.8, 4) is 0 Å². The van der Waals surface area contributed by atoms with Crippen molar-refractivity contribution >= 4 is 12.6 Å². The quantitative estimate of drug-likeness (QED) is 0.821. The lowest BCUT2D eigenvalue weighted by Crippen LogP contribution is -2.47. The second kappa shape index (κ2) is 6.02. The van der Waals surface area contributed by atoms with E-state index in [0.717, 1.165) is 25.7 Å². The molecule has 0 radical (unpaired) electrons. The number of rotatable bonds is 3. The van der Waals surface area contributed by atoms with Crippen molar-refractivity contribution in [2.75, 3.05) is 13.2 Å². The number of hydrogen-bond donors (Lipinski definition) is 2. The number of halogens is 3. The molecule has 3 rings (SSSR count). The minimum atomic E-state index is -4.99. The van der Waals surface area contributed by atoms with Crippen LogP contribution in [0.5, 0.6) is 0 Å². The van der Waals surface area contributed by atoms with Crippen LogP contribution in [-0.2, 0) is 14.9 Å². The summed E-state index contributed by atoms with van der Waals surface area (Å²) in [5.41, 5.74) is -2.91. The second-order valence-corrected chi connectivity index (χ2v) is 6.74. The summed E-state index contributed by atoms with van der Waals surface area (Å²) in [6, 6.07) is 3.86. The molecule has 8 heteroatoms. The first-order chi connectivity index (χ1) is 11.2. The zero-order valence-electron chi connectivity index (χ0n) is 13.4. The Bertz CT molecular complexity index is 616. The van der Waals surface area contributed by atoms with Gasteiger partial charge in [-0.15, -0.1) is 0 Å². The highest BCUT2D eigenvalue weighted by Gasteiger charge is 2.55. The van der Waals surface area contributed by atoms with E-state index in [1.807, 2.05) is 0 Å². The number of benzene rings is 1. The highest BCUT2D eigenvalue weighted by atomic mass is 19.4. The molecule has 132 valence electrons. The van der Waals surface area contributed by atoms with Crippen LogP contribution in [0.15, 0.2) is 18.2 Å². The lowest BCUT2D eigenvalue weighted by atomic mass is 9.74. The van der Waals surface area contributed by atoms with Gasteiger partial charge in [0.15, 0.2) is 0 Å². The SMILES string of the molecule is Cc1ccc(C(O)(CO)C(F)(F)F)cc1B1OCC2(CCCC2)O1. The van der Waals surface area contributed by atoms with Crippen LogP contribution in [0.1, 0.15) is 36.8 Å². The van der Waals surface area contributed by atoms with E-state index in [0.29, 0.717) is 17.6 Å². The Kier molecular flexibility index (Phi) is 4.44. The fourth-order valence-corrected chi connectivity index (χ4v) is 3.45. The molecule has 2 N–H and O–H groups in total. The van der Waals surface area contributed by atoms with Crippen LogP contribution < -0.4 is 5.46 Å². The highest BCUT2D eigenvalue weighted by molar-refractivity contribution is 6.62. The van der Waals surface area contributed by atoms with E-state index in [1.54, 1.807) is 6.92 Å². The molecule has 0 bridgehead atoms. The molecule has 0 aromatic heterocycles. The molecule has 1 aromatic rings. The summed E-state index contributed by atoms with van der Waals surface area (Å²) < 4.78 is 51.2. The summed E-state index contributed by atoms with van der Waals surface area (Å²) in [6.45, 7) is 0.719.